The van der Waals surface area contributed by atoms with Crippen LogP contribution in [0, 0.1) is 0 Å². The molecule has 3 aromatic carbocycles. The molecule has 3 amide bonds. The van der Waals surface area contributed by atoms with Gasteiger partial charge in [-0.15, -0.1) is 0 Å². The average Bonchev–Trinajstić information content (AvgIpc) is 3.13. The lowest BCUT2D eigenvalue weighted by Crippen LogP contribution is -2.36. The molecule has 1 heterocycles. The second kappa shape index (κ2) is 11.9. The zero-order valence-electron chi connectivity index (χ0n) is 19.4. The number of carbonyl (C=O) groups excluding carboxylic acids is 3. The molecule has 0 aromatic heterocycles. The van der Waals surface area contributed by atoms with Crippen LogP contribution in [0.3, 0.4) is 0 Å². The Kier molecular flexibility index (Phi) is 8.45. The molecular formula is C27H23BrN2O5S. The molecule has 184 valence electrons. The summed E-state index contributed by atoms with van der Waals surface area (Å²) >= 11 is 4.22. The van der Waals surface area contributed by atoms with Gasteiger partial charge in [0.25, 0.3) is 11.1 Å². The van der Waals surface area contributed by atoms with Crippen molar-refractivity contribution in [3.8, 4) is 11.5 Å². The molecular weight excluding hydrogens is 544 g/mol. The van der Waals surface area contributed by atoms with E-state index in [2.05, 4.69) is 21.2 Å². The van der Waals surface area contributed by atoms with E-state index < -0.39 is 17.1 Å². The Labute approximate surface area is 221 Å². The molecule has 1 saturated heterocycles. The van der Waals surface area contributed by atoms with Crippen LogP contribution >= 0.6 is 27.7 Å². The van der Waals surface area contributed by atoms with Gasteiger partial charge < -0.3 is 14.8 Å². The normalized spacial score (nSPS) is 14.3. The van der Waals surface area contributed by atoms with Gasteiger partial charge in [-0.05, 0) is 84.4 Å². The topological polar surface area (TPSA) is 84.9 Å². The van der Waals surface area contributed by atoms with Gasteiger partial charge in [-0.1, -0.05) is 40.2 Å². The van der Waals surface area contributed by atoms with Gasteiger partial charge in [0.2, 0.25) is 5.91 Å². The van der Waals surface area contributed by atoms with Crippen LogP contribution in [0.15, 0.2) is 82.2 Å². The summed E-state index contributed by atoms with van der Waals surface area (Å²) < 4.78 is 12.2. The van der Waals surface area contributed by atoms with Crippen molar-refractivity contribution < 1.29 is 23.9 Å². The van der Waals surface area contributed by atoms with Crippen molar-refractivity contribution >= 4 is 56.5 Å². The summed E-state index contributed by atoms with van der Waals surface area (Å²) in [6, 6.07) is 22.0. The van der Waals surface area contributed by atoms with Crippen molar-refractivity contribution in [3.05, 3.63) is 93.3 Å². The molecule has 0 bridgehead atoms. The number of hydrogen-bond acceptors (Lipinski definition) is 6. The van der Waals surface area contributed by atoms with Gasteiger partial charge in [-0.2, -0.15) is 0 Å². The number of carbonyl (C=O) groups is 3. The standard InChI is InChI=1S/C27H23BrN2O5S/c1-2-34-22-13-9-21(10-14-22)29-25(31)16-30-26(32)24(36-27(30)33)15-18-5-11-23(12-6-18)35-17-19-3-7-20(28)8-4-19/h3-15H,2,16-17H2,1H3,(H,29,31)/b24-15+. The van der Waals surface area contributed by atoms with E-state index in [1.165, 1.54) is 0 Å². The summed E-state index contributed by atoms with van der Waals surface area (Å²) in [4.78, 5) is 38.8. The number of hydrogen-bond donors (Lipinski definition) is 1. The number of rotatable bonds is 9. The molecule has 9 heteroatoms. The highest BCUT2D eigenvalue weighted by atomic mass is 79.9. The number of imide groups is 1. The monoisotopic (exact) mass is 566 g/mol. The van der Waals surface area contributed by atoms with Crippen molar-refractivity contribution in [3.63, 3.8) is 0 Å². The van der Waals surface area contributed by atoms with Crippen LogP contribution in [0.2, 0.25) is 0 Å². The highest BCUT2D eigenvalue weighted by Gasteiger charge is 2.36. The Morgan fingerprint density at radius 1 is 0.944 bits per heavy atom. The fourth-order valence-corrected chi connectivity index (χ4v) is 4.44. The first-order chi connectivity index (χ1) is 17.4. The molecule has 7 nitrogen and oxygen atoms in total. The van der Waals surface area contributed by atoms with E-state index in [-0.39, 0.29) is 11.4 Å². The molecule has 0 spiro atoms. The van der Waals surface area contributed by atoms with Crippen molar-refractivity contribution in [2.24, 2.45) is 0 Å². The summed E-state index contributed by atoms with van der Waals surface area (Å²) in [5.74, 6) is 0.419. The van der Waals surface area contributed by atoms with Gasteiger partial charge in [0.05, 0.1) is 11.5 Å². The van der Waals surface area contributed by atoms with Crippen LogP contribution in [0.1, 0.15) is 18.1 Å². The summed E-state index contributed by atoms with van der Waals surface area (Å²) in [5.41, 5.74) is 2.34. The Morgan fingerprint density at radius 3 is 2.25 bits per heavy atom. The predicted molar refractivity (Wildman–Crippen MR) is 144 cm³/mol. The number of amides is 3. The van der Waals surface area contributed by atoms with Crippen molar-refractivity contribution in [1.29, 1.82) is 0 Å². The second-order valence-electron chi connectivity index (χ2n) is 7.76. The molecule has 0 aliphatic carbocycles. The molecule has 1 fully saturated rings. The van der Waals surface area contributed by atoms with Crippen LogP contribution in [-0.2, 0) is 16.2 Å². The fourth-order valence-electron chi connectivity index (χ4n) is 3.34. The maximum absolute atomic E-state index is 12.8. The molecule has 1 aliphatic rings. The molecule has 1 aliphatic heterocycles. The van der Waals surface area contributed by atoms with Gasteiger partial charge in [-0.3, -0.25) is 19.3 Å². The first-order valence-corrected chi connectivity index (χ1v) is 12.8. The lowest BCUT2D eigenvalue weighted by atomic mass is 10.2. The highest BCUT2D eigenvalue weighted by molar-refractivity contribution is 9.10. The first-order valence-electron chi connectivity index (χ1n) is 11.2. The summed E-state index contributed by atoms with van der Waals surface area (Å²) in [6.07, 6.45) is 1.63. The minimum Gasteiger partial charge on any atom is -0.494 e. The predicted octanol–water partition coefficient (Wildman–Crippen LogP) is 6.10. The van der Waals surface area contributed by atoms with Gasteiger partial charge in [0.15, 0.2) is 0 Å². The van der Waals surface area contributed by atoms with Gasteiger partial charge in [-0.25, -0.2) is 0 Å². The van der Waals surface area contributed by atoms with Crippen LogP contribution in [0.4, 0.5) is 10.5 Å². The lowest BCUT2D eigenvalue weighted by Gasteiger charge is -2.12. The quantitative estimate of drug-likeness (QED) is 0.315. The summed E-state index contributed by atoms with van der Waals surface area (Å²) in [5, 5.41) is 2.21. The molecule has 0 radical (unpaired) electrons. The number of ether oxygens (including phenoxy) is 2. The fraction of sp³-hybridized carbons (Fsp3) is 0.148. The van der Waals surface area contributed by atoms with E-state index >= 15 is 0 Å². The number of benzene rings is 3. The minimum atomic E-state index is -0.498. The Hall–Kier alpha value is -3.56. The Balaban J connectivity index is 1.33. The van der Waals surface area contributed by atoms with E-state index in [4.69, 9.17) is 9.47 Å². The lowest BCUT2D eigenvalue weighted by molar-refractivity contribution is -0.127. The van der Waals surface area contributed by atoms with E-state index in [9.17, 15) is 14.4 Å². The third-order valence-electron chi connectivity index (χ3n) is 5.12. The SMILES string of the molecule is CCOc1ccc(NC(=O)CN2C(=O)S/C(=C/c3ccc(OCc4ccc(Br)cc4)cc3)C2=O)cc1. The maximum atomic E-state index is 12.8. The number of nitrogens with zero attached hydrogens (tertiary/aromatic N) is 1. The van der Waals surface area contributed by atoms with Crippen molar-refractivity contribution in [1.82, 2.24) is 4.90 Å². The highest BCUT2D eigenvalue weighted by Crippen LogP contribution is 2.32. The maximum Gasteiger partial charge on any atom is 0.294 e. The van der Waals surface area contributed by atoms with Crippen LogP contribution in [0.5, 0.6) is 11.5 Å². The molecule has 0 saturated carbocycles. The van der Waals surface area contributed by atoms with Gasteiger partial charge in [0.1, 0.15) is 24.7 Å². The zero-order chi connectivity index (χ0) is 25.5. The Bertz CT molecular complexity index is 1280. The third-order valence-corrected chi connectivity index (χ3v) is 6.56. The Morgan fingerprint density at radius 2 is 1.58 bits per heavy atom. The van der Waals surface area contributed by atoms with E-state index in [1.54, 1.807) is 42.5 Å². The molecule has 0 atom stereocenters. The molecule has 0 unspecified atom stereocenters. The summed E-state index contributed by atoms with van der Waals surface area (Å²) in [7, 11) is 0. The van der Waals surface area contributed by atoms with Crippen molar-refractivity contribution in [2.45, 2.75) is 13.5 Å². The molecule has 3 aromatic rings. The van der Waals surface area contributed by atoms with E-state index in [1.807, 2.05) is 43.3 Å². The zero-order valence-corrected chi connectivity index (χ0v) is 21.8. The molecule has 4 rings (SSSR count). The summed E-state index contributed by atoms with van der Waals surface area (Å²) in [6.45, 7) is 2.50. The largest absolute Gasteiger partial charge is 0.494 e. The van der Waals surface area contributed by atoms with Crippen LogP contribution in [0.25, 0.3) is 6.08 Å². The van der Waals surface area contributed by atoms with E-state index in [0.29, 0.717) is 30.4 Å². The average molecular weight is 567 g/mol. The minimum absolute atomic E-state index is 0.261. The van der Waals surface area contributed by atoms with Crippen molar-refractivity contribution in [2.75, 3.05) is 18.5 Å². The number of halogens is 1. The van der Waals surface area contributed by atoms with Gasteiger partial charge >= 0.3 is 0 Å². The number of thioether (sulfide) groups is 1. The smallest absolute Gasteiger partial charge is 0.294 e. The molecule has 1 N–H and O–H groups in total. The second-order valence-corrected chi connectivity index (χ2v) is 9.67. The van der Waals surface area contributed by atoms with Crippen LogP contribution < -0.4 is 14.8 Å². The number of nitrogens with one attached hydrogen (secondary N) is 1. The van der Waals surface area contributed by atoms with E-state index in [0.717, 1.165) is 32.3 Å². The van der Waals surface area contributed by atoms with Gasteiger partial charge in [0, 0.05) is 10.2 Å². The molecule has 36 heavy (non-hydrogen) atoms. The first kappa shape index (κ1) is 25.5. The number of anilines is 1. The van der Waals surface area contributed by atoms with Crippen LogP contribution in [-0.4, -0.2) is 35.1 Å². The third kappa shape index (κ3) is 6.77.